The fourth-order valence-corrected chi connectivity index (χ4v) is 0.709. The van der Waals surface area contributed by atoms with Gasteiger partial charge >= 0.3 is 6.18 Å². The summed E-state index contributed by atoms with van der Waals surface area (Å²) in [4.78, 5) is 0. The average Bonchev–Trinajstić information content (AvgIpc) is 1.94. The minimum atomic E-state index is -4.04. The van der Waals surface area contributed by atoms with E-state index in [0.29, 0.717) is 13.1 Å². The van der Waals surface area contributed by atoms with Crippen molar-refractivity contribution in [2.24, 2.45) is 0 Å². The van der Waals surface area contributed by atoms with Crippen molar-refractivity contribution in [2.45, 2.75) is 19.5 Å². The molecule has 74 valence electrons. The van der Waals surface area contributed by atoms with E-state index in [0.717, 1.165) is 6.54 Å². The monoisotopic (exact) mass is 184 g/mol. The minimum Gasteiger partial charge on any atom is -0.316 e. The first-order chi connectivity index (χ1) is 5.56. The highest BCUT2D eigenvalue weighted by atomic mass is 19.4. The van der Waals surface area contributed by atoms with Gasteiger partial charge in [-0.25, -0.2) is 0 Å². The molecular formula is C7H15F3N2. The molecule has 0 atom stereocenters. The zero-order valence-corrected chi connectivity index (χ0v) is 7.17. The van der Waals surface area contributed by atoms with Gasteiger partial charge in [0.15, 0.2) is 0 Å². The van der Waals surface area contributed by atoms with Crippen molar-refractivity contribution in [3.8, 4) is 0 Å². The molecule has 0 fully saturated rings. The summed E-state index contributed by atoms with van der Waals surface area (Å²) in [6.07, 6.45) is -4.79. The van der Waals surface area contributed by atoms with E-state index in [4.69, 9.17) is 0 Å². The predicted octanol–water partition coefficient (Wildman–Crippen LogP) is 1.14. The Hall–Kier alpha value is -0.290. The van der Waals surface area contributed by atoms with Crippen molar-refractivity contribution >= 4 is 0 Å². The standard InChI is InChI=1S/C7H15F3N2/c1-2-11-5-6-12-4-3-7(8,9)10/h11-12H,2-6H2,1H3. The van der Waals surface area contributed by atoms with Crippen molar-refractivity contribution in [2.75, 3.05) is 26.2 Å². The third kappa shape index (κ3) is 9.71. The Kier molecular flexibility index (Phi) is 6.10. The van der Waals surface area contributed by atoms with E-state index in [1.165, 1.54) is 0 Å². The number of halogens is 3. The molecule has 0 bridgehead atoms. The molecule has 0 amide bonds. The third-order valence-electron chi connectivity index (χ3n) is 1.31. The lowest BCUT2D eigenvalue weighted by atomic mass is 10.4. The van der Waals surface area contributed by atoms with Crippen LogP contribution in [0.15, 0.2) is 0 Å². The van der Waals surface area contributed by atoms with E-state index in [-0.39, 0.29) is 6.54 Å². The van der Waals surface area contributed by atoms with Gasteiger partial charge in [-0.05, 0) is 6.54 Å². The van der Waals surface area contributed by atoms with E-state index < -0.39 is 12.6 Å². The zero-order chi connectivity index (χ0) is 9.45. The summed E-state index contributed by atoms with van der Waals surface area (Å²) >= 11 is 0. The topological polar surface area (TPSA) is 24.1 Å². The molecule has 0 radical (unpaired) electrons. The Morgan fingerprint density at radius 2 is 1.58 bits per heavy atom. The van der Waals surface area contributed by atoms with Crippen LogP contribution in [-0.2, 0) is 0 Å². The number of hydrogen-bond acceptors (Lipinski definition) is 2. The van der Waals surface area contributed by atoms with Gasteiger partial charge < -0.3 is 10.6 Å². The lowest BCUT2D eigenvalue weighted by molar-refractivity contribution is -0.133. The maximum Gasteiger partial charge on any atom is 0.390 e. The average molecular weight is 184 g/mol. The highest BCUT2D eigenvalue weighted by Gasteiger charge is 2.25. The van der Waals surface area contributed by atoms with Crippen LogP contribution in [0.5, 0.6) is 0 Å². The van der Waals surface area contributed by atoms with Gasteiger partial charge in [0.05, 0.1) is 6.42 Å². The molecule has 0 aromatic carbocycles. The molecule has 0 aromatic rings. The summed E-state index contributed by atoms with van der Waals surface area (Å²) in [7, 11) is 0. The number of nitrogens with one attached hydrogen (secondary N) is 2. The molecule has 0 saturated carbocycles. The molecule has 12 heavy (non-hydrogen) atoms. The van der Waals surface area contributed by atoms with Crippen molar-refractivity contribution in [3.63, 3.8) is 0 Å². The fourth-order valence-electron chi connectivity index (χ4n) is 0.709. The predicted molar refractivity (Wildman–Crippen MR) is 42.1 cm³/mol. The van der Waals surface area contributed by atoms with E-state index in [2.05, 4.69) is 10.6 Å². The fraction of sp³-hybridized carbons (Fsp3) is 1.00. The Labute approximate surface area is 70.5 Å². The number of alkyl halides is 3. The molecular weight excluding hydrogens is 169 g/mol. The van der Waals surface area contributed by atoms with Crippen LogP contribution < -0.4 is 10.6 Å². The highest BCUT2D eigenvalue weighted by molar-refractivity contribution is 4.55. The second kappa shape index (κ2) is 6.25. The van der Waals surface area contributed by atoms with Crippen LogP contribution in [0.1, 0.15) is 13.3 Å². The molecule has 5 heteroatoms. The minimum absolute atomic E-state index is 0.00882. The van der Waals surface area contributed by atoms with E-state index in [1.54, 1.807) is 0 Å². The summed E-state index contributed by atoms with van der Waals surface area (Å²) in [6.45, 7) is 4.11. The third-order valence-corrected chi connectivity index (χ3v) is 1.31. The van der Waals surface area contributed by atoms with Gasteiger partial charge in [-0.1, -0.05) is 6.92 Å². The van der Waals surface area contributed by atoms with Gasteiger partial charge in [0, 0.05) is 19.6 Å². The molecule has 0 unspecified atom stereocenters. The summed E-state index contributed by atoms with van der Waals surface area (Å²) in [5.41, 5.74) is 0. The Morgan fingerprint density at radius 1 is 1.00 bits per heavy atom. The van der Waals surface area contributed by atoms with E-state index in [9.17, 15) is 13.2 Å². The first-order valence-corrected chi connectivity index (χ1v) is 4.04. The number of rotatable bonds is 6. The summed E-state index contributed by atoms with van der Waals surface area (Å²) < 4.78 is 34.7. The smallest absolute Gasteiger partial charge is 0.316 e. The Bertz CT molecular complexity index is 103. The molecule has 0 aliphatic heterocycles. The lowest BCUT2D eigenvalue weighted by Crippen LogP contribution is -2.29. The normalized spacial score (nSPS) is 12.0. The first-order valence-electron chi connectivity index (χ1n) is 4.04. The summed E-state index contributed by atoms with van der Waals surface area (Å²) in [5.74, 6) is 0. The molecule has 0 aliphatic carbocycles. The molecule has 0 saturated heterocycles. The molecule has 0 aromatic heterocycles. The van der Waals surface area contributed by atoms with Gasteiger partial charge in [-0.15, -0.1) is 0 Å². The number of likely N-dealkylation sites (N-methyl/N-ethyl adjacent to an activating group) is 1. The molecule has 0 rings (SSSR count). The summed E-state index contributed by atoms with van der Waals surface area (Å²) in [5, 5.41) is 5.70. The Balaban J connectivity index is 3.01. The van der Waals surface area contributed by atoms with Gasteiger partial charge in [0.1, 0.15) is 0 Å². The van der Waals surface area contributed by atoms with Crippen LogP contribution in [0, 0.1) is 0 Å². The number of hydrogen-bond donors (Lipinski definition) is 2. The van der Waals surface area contributed by atoms with Gasteiger partial charge in [-0.2, -0.15) is 13.2 Å². The molecule has 2 N–H and O–H groups in total. The SMILES string of the molecule is CCNCCNCCC(F)(F)F. The second-order valence-electron chi connectivity index (χ2n) is 2.47. The van der Waals surface area contributed by atoms with Gasteiger partial charge in [-0.3, -0.25) is 0 Å². The lowest BCUT2D eigenvalue weighted by Gasteiger charge is -2.07. The van der Waals surface area contributed by atoms with Crippen molar-refractivity contribution in [3.05, 3.63) is 0 Å². The summed E-state index contributed by atoms with van der Waals surface area (Å²) in [6, 6.07) is 0. The van der Waals surface area contributed by atoms with Crippen molar-refractivity contribution < 1.29 is 13.2 Å². The second-order valence-corrected chi connectivity index (χ2v) is 2.47. The largest absolute Gasteiger partial charge is 0.390 e. The maximum atomic E-state index is 11.6. The van der Waals surface area contributed by atoms with Crippen molar-refractivity contribution in [1.29, 1.82) is 0 Å². The van der Waals surface area contributed by atoms with E-state index >= 15 is 0 Å². The Morgan fingerprint density at radius 3 is 2.08 bits per heavy atom. The van der Waals surface area contributed by atoms with Crippen LogP contribution in [-0.4, -0.2) is 32.4 Å². The zero-order valence-electron chi connectivity index (χ0n) is 7.17. The first kappa shape index (κ1) is 11.7. The van der Waals surface area contributed by atoms with Crippen LogP contribution >= 0.6 is 0 Å². The quantitative estimate of drug-likeness (QED) is 0.605. The van der Waals surface area contributed by atoms with Crippen LogP contribution in [0.4, 0.5) is 13.2 Å². The van der Waals surface area contributed by atoms with Crippen LogP contribution in [0.3, 0.4) is 0 Å². The highest BCUT2D eigenvalue weighted by Crippen LogP contribution is 2.17. The maximum absolute atomic E-state index is 11.6. The molecule has 0 heterocycles. The molecule has 2 nitrogen and oxygen atoms in total. The van der Waals surface area contributed by atoms with E-state index in [1.807, 2.05) is 6.92 Å². The van der Waals surface area contributed by atoms with Crippen LogP contribution in [0.25, 0.3) is 0 Å². The van der Waals surface area contributed by atoms with Crippen LogP contribution in [0.2, 0.25) is 0 Å². The molecule has 0 spiro atoms. The van der Waals surface area contributed by atoms with Gasteiger partial charge in [0.2, 0.25) is 0 Å². The molecule has 0 aliphatic rings. The van der Waals surface area contributed by atoms with Crippen molar-refractivity contribution in [1.82, 2.24) is 10.6 Å². The van der Waals surface area contributed by atoms with Gasteiger partial charge in [0.25, 0.3) is 0 Å².